The third-order valence-corrected chi connectivity index (χ3v) is 4.94. The van der Waals surface area contributed by atoms with Crippen molar-refractivity contribution in [2.24, 2.45) is 0 Å². The number of hydrogen-bond donors (Lipinski definition) is 1. The van der Waals surface area contributed by atoms with Gasteiger partial charge in [-0.2, -0.15) is 5.10 Å². The number of carbonyl (C=O) groups is 1. The van der Waals surface area contributed by atoms with Gasteiger partial charge in [0.05, 0.1) is 16.2 Å². The van der Waals surface area contributed by atoms with Crippen LogP contribution in [0.4, 0.5) is 5.13 Å². The number of hydrogen-bond acceptors (Lipinski definition) is 4. The smallest absolute Gasteiger partial charge is 0.279 e. The number of nitrogens with zero attached hydrogens (tertiary/aromatic N) is 3. The average Bonchev–Trinajstić information content (AvgIpc) is 3.21. The first-order chi connectivity index (χ1) is 12.1. The zero-order valence-electron chi connectivity index (χ0n) is 12.6. The Bertz CT molecular complexity index is 1070. The molecule has 0 saturated carbocycles. The summed E-state index contributed by atoms with van der Waals surface area (Å²) in [5.74, 6) is -0.397. The Morgan fingerprint density at radius 3 is 2.68 bits per heavy atom. The molecule has 0 saturated heterocycles. The second kappa shape index (κ2) is 6.48. The Morgan fingerprint density at radius 1 is 1.12 bits per heavy atom. The number of amides is 1. The van der Waals surface area contributed by atoms with E-state index in [1.807, 2.05) is 29.6 Å². The number of aromatic nitrogens is 3. The first-order valence-corrected chi connectivity index (χ1v) is 8.91. The molecule has 0 radical (unpaired) electrons. The summed E-state index contributed by atoms with van der Waals surface area (Å²) in [5.41, 5.74) is 2.52. The van der Waals surface area contributed by atoms with Crippen LogP contribution in [-0.4, -0.2) is 20.5 Å². The van der Waals surface area contributed by atoms with E-state index in [4.69, 9.17) is 23.2 Å². The van der Waals surface area contributed by atoms with Gasteiger partial charge in [-0.25, -0.2) is 9.50 Å². The quantitative estimate of drug-likeness (QED) is 0.536. The molecule has 124 valence electrons. The molecule has 0 aliphatic heterocycles. The van der Waals surface area contributed by atoms with Crippen LogP contribution in [0.1, 0.15) is 10.5 Å². The molecule has 0 fully saturated rings. The maximum absolute atomic E-state index is 12.5. The van der Waals surface area contributed by atoms with Gasteiger partial charge in [0.25, 0.3) is 5.91 Å². The number of pyridine rings is 1. The van der Waals surface area contributed by atoms with Crippen molar-refractivity contribution in [1.82, 2.24) is 14.6 Å². The lowest BCUT2D eigenvalue weighted by molar-refractivity contribution is 0.102. The summed E-state index contributed by atoms with van der Waals surface area (Å²) in [6.07, 6.45) is 1.74. The van der Waals surface area contributed by atoms with Crippen LogP contribution < -0.4 is 5.32 Å². The number of anilines is 1. The van der Waals surface area contributed by atoms with Crippen LogP contribution in [0, 0.1) is 0 Å². The summed E-state index contributed by atoms with van der Waals surface area (Å²) in [4.78, 5) is 16.9. The Morgan fingerprint density at radius 2 is 1.92 bits per heavy atom. The van der Waals surface area contributed by atoms with Crippen molar-refractivity contribution in [3.63, 3.8) is 0 Å². The van der Waals surface area contributed by atoms with Gasteiger partial charge in [-0.3, -0.25) is 10.1 Å². The number of benzene rings is 1. The third kappa shape index (κ3) is 3.11. The number of halogens is 2. The molecule has 8 heteroatoms. The molecule has 4 rings (SSSR count). The van der Waals surface area contributed by atoms with Gasteiger partial charge in [0.15, 0.2) is 10.8 Å². The van der Waals surface area contributed by atoms with E-state index >= 15 is 0 Å². The highest BCUT2D eigenvalue weighted by Crippen LogP contribution is 2.27. The predicted molar refractivity (Wildman–Crippen MR) is 101 cm³/mol. The first kappa shape index (κ1) is 16.1. The van der Waals surface area contributed by atoms with E-state index in [1.54, 1.807) is 28.9 Å². The lowest BCUT2D eigenvalue weighted by Gasteiger charge is -1.99. The van der Waals surface area contributed by atoms with Crippen molar-refractivity contribution in [2.45, 2.75) is 0 Å². The van der Waals surface area contributed by atoms with Crippen molar-refractivity contribution in [3.8, 4) is 11.3 Å². The van der Waals surface area contributed by atoms with Crippen LogP contribution in [0.15, 0.2) is 54.0 Å². The predicted octanol–water partition coefficient (Wildman–Crippen LogP) is 5.02. The highest BCUT2D eigenvalue weighted by atomic mass is 35.5. The monoisotopic (exact) mass is 388 g/mol. The Hall–Kier alpha value is -2.41. The van der Waals surface area contributed by atoms with E-state index < -0.39 is 5.91 Å². The largest absolute Gasteiger partial charge is 0.296 e. The van der Waals surface area contributed by atoms with Crippen LogP contribution in [0.25, 0.3) is 16.8 Å². The standard InChI is InChI=1S/C17H10Cl2N4OS/c18-11-6-4-10(5-7-11)12-9-25-17(20-12)21-16(24)15-14(19)13-3-1-2-8-23(13)22-15/h1-9H,(H,20,21,24). The van der Waals surface area contributed by atoms with Gasteiger partial charge in [-0.05, 0) is 24.3 Å². The molecular weight excluding hydrogens is 379 g/mol. The van der Waals surface area contributed by atoms with Gasteiger partial charge in [0.2, 0.25) is 0 Å². The summed E-state index contributed by atoms with van der Waals surface area (Å²) in [7, 11) is 0. The first-order valence-electron chi connectivity index (χ1n) is 7.27. The summed E-state index contributed by atoms with van der Waals surface area (Å²) in [6.45, 7) is 0. The van der Waals surface area contributed by atoms with E-state index in [0.717, 1.165) is 11.3 Å². The molecule has 4 aromatic rings. The zero-order chi connectivity index (χ0) is 17.4. The van der Waals surface area contributed by atoms with E-state index in [9.17, 15) is 4.79 Å². The SMILES string of the molecule is O=C(Nc1nc(-c2ccc(Cl)cc2)cs1)c1nn2ccccc2c1Cl. The fourth-order valence-electron chi connectivity index (χ4n) is 2.35. The molecule has 0 spiro atoms. The van der Waals surface area contributed by atoms with E-state index in [0.29, 0.717) is 20.7 Å². The topological polar surface area (TPSA) is 59.3 Å². The molecule has 0 aliphatic rings. The zero-order valence-corrected chi connectivity index (χ0v) is 14.9. The lowest BCUT2D eigenvalue weighted by atomic mass is 10.2. The molecule has 0 aliphatic carbocycles. The summed E-state index contributed by atoms with van der Waals surface area (Å²) < 4.78 is 1.57. The average molecular weight is 389 g/mol. The van der Waals surface area contributed by atoms with Crippen molar-refractivity contribution in [3.05, 3.63) is 69.8 Å². The Balaban J connectivity index is 1.58. The summed E-state index contributed by atoms with van der Waals surface area (Å²) in [5, 5.41) is 10.3. The Kier molecular flexibility index (Phi) is 4.17. The minimum Gasteiger partial charge on any atom is -0.296 e. The van der Waals surface area contributed by atoms with Gasteiger partial charge in [0, 0.05) is 22.2 Å². The number of carbonyl (C=O) groups excluding carboxylic acids is 1. The fraction of sp³-hybridized carbons (Fsp3) is 0. The molecule has 5 nitrogen and oxygen atoms in total. The van der Waals surface area contributed by atoms with Crippen LogP contribution in [-0.2, 0) is 0 Å². The molecule has 1 N–H and O–H groups in total. The van der Waals surface area contributed by atoms with Crippen LogP contribution in [0.2, 0.25) is 10.0 Å². The van der Waals surface area contributed by atoms with Gasteiger partial charge in [0.1, 0.15) is 0 Å². The molecule has 25 heavy (non-hydrogen) atoms. The molecule has 1 aromatic carbocycles. The van der Waals surface area contributed by atoms with E-state index in [2.05, 4.69) is 15.4 Å². The van der Waals surface area contributed by atoms with Crippen molar-refractivity contribution < 1.29 is 4.79 Å². The molecule has 3 heterocycles. The number of fused-ring (bicyclic) bond motifs is 1. The highest BCUT2D eigenvalue weighted by Gasteiger charge is 2.19. The van der Waals surface area contributed by atoms with Crippen LogP contribution >= 0.6 is 34.5 Å². The van der Waals surface area contributed by atoms with E-state index in [1.165, 1.54) is 11.3 Å². The number of nitrogens with one attached hydrogen (secondary N) is 1. The van der Waals surface area contributed by atoms with Crippen LogP contribution in [0.3, 0.4) is 0 Å². The minimum absolute atomic E-state index is 0.163. The van der Waals surface area contributed by atoms with Gasteiger partial charge in [-0.1, -0.05) is 41.4 Å². The number of rotatable bonds is 3. The molecule has 1 amide bonds. The second-order valence-electron chi connectivity index (χ2n) is 5.19. The molecular formula is C17H10Cl2N4OS. The molecule has 0 atom stereocenters. The minimum atomic E-state index is -0.397. The molecule has 0 unspecified atom stereocenters. The summed E-state index contributed by atoms with van der Waals surface area (Å²) in [6, 6.07) is 12.8. The van der Waals surface area contributed by atoms with Gasteiger partial charge in [-0.15, -0.1) is 11.3 Å². The van der Waals surface area contributed by atoms with Crippen LogP contribution in [0.5, 0.6) is 0 Å². The van der Waals surface area contributed by atoms with Crippen molar-refractivity contribution in [1.29, 1.82) is 0 Å². The van der Waals surface area contributed by atoms with Crippen molar-refractivity contribution in [2.75, 3.05) is 5.32 Å². The van der Waals surface area contributed by atoms with Gasteiger partial charge < -0.3 is 0 Å². The fourth-order valence-corrected chi connectivity index (χ4v) is 3.47. The number of thiazole rings is 1. The highest BCUT2D eigenvalue weighted by molar-refractivity contribution is 7.14. The second-order valence-corrected chi connectivity index (χ2v) is 6.86. The molecule has 3 aromatic heterocycles. The summed E-state index contributed by atoms with van der Waals surface area (Å²) >= 11 is 13.5. The Labute approximate surface area is 156 Å². The maximum atomic E-state index is 12.5. The normalized spacial score (nSPS) is 11.0. The third-order valence-electron chi connectivity index (χ3n) is 3.56. The lowest BCUT2D eigenvalue weighted by Crippen LogP contribution is -2.13. The molecule has 0 bridgehead atoms. The van der Waals surface area contributed by atoms with E-state index in [-0.39, 0.29) is 5.69 Å². The van der Waals surface area contributed by atoms with Gasteiger partial charge >= 0.3 is 0 Å². The maximum Gasteiger partial charge on any atom is 0.279 e. The van der Waals surface area contributed by atoms with Crippen molar-refractivity contribution >= 4 is 51.1 Å².